The van der Waals surface area contributed by atoms with Crippen LogP contribution < -0.4 is 4.90 Å². The van der Waals surface area contributed by atoms with Crippen molar-refractivity contribution in [1.29, 1.82) is 0 Å². The number of hydrogen-bond acceptors (Lipinski definition) is 5. The zero-order valence-electron chi connectivity index (χ0n) is 13.0. The Morgan fingerprint density at radius 2 is 2.05 bits per heavy atom. The van der Waals surface area contributed by atoms with Crippen LogP contribution in [0.25, 0.3) is 0 Å². The third-order valence-electron chi connectivity index (χ3n) is 3.01. The van der Waals surface area contributed by atoms with E-state index in [1.54, 1.807) is 25.8 Å². The number of aryl methyl sites for hydroxylation is 1. The monoisotopic (exact) mass is 284 g/mol. The van der Waals surface area contributed by atoms with E-state index in [1.165, 1.54) is 4.68 Å². The van der Waals surface area contributed by atoms with E-state index in [-0.39, 0.29) is 16.5 Å². The minimum Gasteiger partial charge on any atom is -0.389 e. The predicted molar refractivity (Wildman–Crippen MR) is 78.1 cm³/mol. The molecule has 1 aromatic rings. The second-order valence-corrected chi connectivity index (χ2v) is 5.92. The van der Waals surface area contributed by atoms with Crippen LogP contribution in [0.3, 0.4) is 0 Å². The molecular weight excluding hydrogens is 260 g/mol. The molecule has 7 nitrogen and oxygen atoms in total. The SMILES string of the molecule is CCN(CC(C)(C)O)c1c([N+](=O)[O-])c(C(C)C)nn1C. The van der Waals surface area contributed by atoms with E-state index in [0.29, 0.717) is 24.6 Å². The molecule has 0 saturated heterocycles. The summed E-state index contributed by atoms with van der Waals surface area (Å²) in [5.74, 6) is 0.416. The molecule has 0 amide bonds. The van der Waals surface area contributed by atoms with Crippen molar-refractivity contribution >= 4 is 11.5 Å². The fraction of sp³-hybridized carbons (Fsp3) is 0.769. The van der Waals surface area contributed by atoms with E-state index >= 15 is 0 Å². The van der Waals surface area contributed by atoms with Gasteiger partial charge in [-0.1, -0.05) is 13.8 Å². The number of aromatic nitrogens is 2. The molecule has 0 aliphatic carbocycles. The maximum Gasteiger partial charge on any atom is 0.334 e. The van der Waals surface area contributed by atoms with Crippen LogP contribution in [-0.2, 0) is 7.05 Å². The Hall–Kier alpha value is -1.63. The maximum absolute atomic E-state index is 11.4. The Bertz CT molecular complexity index is 489. The maximum atomic E-state index is 11.4. The van der Waals surface area contributed by atoms with Crippen LogP contribution in [0.2, 0.25) is 0 Å². The highest BCUT2D eigenvalue weighted by Crippen LogP contribution is 2.35. The molecule has 1 heterocycles. The lowest BCUT2D eigenvalue weighted by molar-refractivity contribution is -0.385. The Morgan fingerprint density at radius 3 is 2.40 bits per heavy atom. The summed E-state index contributed by atoms with van der Waals surface area (Å²) in [6.45, 7) is 9.89. The standard InChI is InChI=1S/C13H24N4O3/c1-7-16(8-13(4,5)18)12-11(17(19)20)10(9(2)3)14-15(12)6/h9,18H,7-8H2,1-6H3. The van der Waals surface area contributed by atoms with Gasteiger partial charge in [0.05, 0.1) is 10.5 Å². The van der Waals surface area contributed by atoms with Crippen molar-refractivity contribution in [3.63, 3.8) is 0 Å². The average Bonchev–Trinajstić information content (AvgIpc) is 2.62. The molecule has 0 aliphatic rings. The van der Waals surface area contributed by atoms with Gasteiger partial charge >= 0.3 is 5.69 Å². The Labute approximate surface area is 119 Å². The predicted octanol–water partition coefficient (Wildman–Crippen LogP) is 2.05. The number of nitro groups is 1. The highest BCUT2D eigenvalue weighted by molar-refractivity contribution is 5.62. The zero-order chi connectivity index (χ0) is 15.7. The summed E-state index contributed by atoms with van der Waals surface area (Å²) in [7, 11) is 1.70. The average molecular weight is 284 g/mol. The van der Waals surface area contributed by atoms with Crippen LogP contribution in [0.15, 0.2) is 0 Å². The minimum atomic E-state index is -0.938. The van der Waals surface area contributed by atoms with E-state index in [1.807, 2.05) is 20.8 Å². The van der Waals surface area contributed by atoms with Gasteiger partial charge in [0.15, 0.2) is 0 Å². The molecule has 0 unspecified atom stereocenters. The van der Waals surface area contributed by atoms with E-state index in [2.05, 4.69) is 5.10 Å². The number of nitrogens with zero attached hydrogens (tertiary/aromatic N) is 4. The van der Waals surface area contributed by atoms with Crippen molar-refractivity contribution in [3.8, 4) is 0 Å². The first kappa shape index (κ1) is 16.4. The summed E-state index contributed by atoms with van der Waals surface area (Å²) in [6.07, 6.45) is 0. The Kier molecular flexibility index (Phi) is 4.75. The van der Waals surface area contributed by atoms with Gasteiger partial charge in [0.2, 0.25) is 5.82 Å². The van der Waals surface area contributed by atoms with Crippen LogP contribution >= 0.6 is 0 Å². The lowest BCUT2D eigenvalue weighted by Gasteiger charge is -2.28. The molecule has 1 aromatic heterocycles. The van der Waals surface area contributed by atoms with Gasteiger partial charge in [-0.2, -0.15) is 5.10 Å². The molecule has 1 rings (SSSR count). The van der Waals surface area contributed by atoms with Crippen molar-refractivity contribution < 1.29 is 10.0 Å². The van der Waals surface area contributed by atoms with Gasteiger partial charge in [-0.15, -0.1) is 0 Å². The van der Waals surface area contributed by atoms with Crippen molar-refractivity contribution in [2.75, 3.05) is 18.0 Å². The third-order valence-corrected chi connectivity index (χ3v) is 3.01. The fourth-order valence-corrected chi connectivity index (χ4v) is 2.25. The van der Waals surface area contributed by atoms with Crippen LogP contribution in [0.5, 0.6) is 0 Å². The molecule has 1 N–H and O–H groups in total. The molecule has 0 spiro atoms. The molecule has 0 fully saturated rings. The second kappa shape index (κ2) is 5.78. The molecule has 0 aromatic carbocycles. The summed E-state index contributed by atoms with van der Waals surface area (Å²) in [5.41, 5.74) is -0.429. The van der Waals surface area contributed by atoms with E-state index in [4.69, 9.17) is 0 Å². The smallest absolute Gasteiger partial charge is 0.334 e. The number of aliphatic hydroxyl groups is 1. The molecule has 0 aliphatic heterocycles. The second-order valence-electron chi connectivity index (χ2n) is 5.92. The molecule has 0 radical (unpaired) electrons. The van der Waals surface area contributed by atoms with Gasteiger partial charge < -0.3 is 10.0 Å². The highest BCUT2D eigenvalue weighted by atomic mass is 16.6. The molecule has 0 bridgehead atoms. The quantitative estimate of drug-likeness (QED) is 0.638. The van der Waals surface area contributed by atoms with Gasteiger partial charge in [-0.3, -0.25) is 10.1 Å². The first-order chi connectivity index (χ1) is 9.08. The van der Waals surface area contributed by atoms with E-state index in [9.17, 15) is 15.2 Å². The summed E-state index contributed by atoms with van der Waals surface area (Å²) in [5, 5.41) is 25.7. The van der Waals surface area contributed by atoms with Gasteiger partial charge in [-0.25, -0.2) is 4.68 Å². The number of hydrogen-bond donors (Lipinski definition) is 1. The van der Waals surface area contributed by atoms with Gasteiger partial charge in [0, 0.05) is 26.1 Å². The van der Waals surface area contributed by atoms with Gasteiger partial charge in [-0.05, 0) is 20.8 Å². The largest absolute Gasteiger partial charge is 0.389 e. The highest BCUT2D eigenvalue weighted by Gasteiger charge is 2.33. The van der Waals surface area contributed by atoms with Crippen LogP contribution in [0.4, 0.5) is 11.5 Å². The van der Waals surface area contributed by atoms with Crippen LogP contribution in [-0.4, -0.2) is 38.5 Å². The first-order valence-electron chi connectivity index (χ1n) is 6.77. The molecule has 0 saturated carbocycles. The topological polar surface area (TPSA) is 84.4 Å². The van der Waals surface area contributed by atoms with Crippen molar-refractivity contribution in [1.82, 2.24) is 9.78 Å². The number of likely N-dealkylation sites (N-methyl/N-ethyl adjacent to an activating group) is 1. The Balaban J connectivity index is 3.38. The minimum absolute atomic E-state index is 0.0313. The normalized spacial score (nSPS) is 12.0. The summed E-state index contributed by atoms with van der Waals surface area (Å²) < 4.78 is 1.53. The molecular formula is C13H24N4O3. The number of rotatable bonds is 6. The summed E-state index contributed by atoms with van der Waals surface area (Å²) in [6, 6.07) is 0. The molecule has 20 heavy (non-hydrogen) atoms. The first-order valence-corrected chi connectivity index (χ1v) is 6.77. The van der Waals surface area contributed by atoms with E-state index in [0.717, 1.165) is 0 Å². The fourth-order valence-electron chi connectivity index (χ4n) is 2.25. The van der Waals surface area contributed by atoms with Crippen molar-refractivity contribution in [2.24, 2.45) is 7.05 Å². The van der Waals surface area contributed by atoms with Crippen molar-refractivity contribution in [3.05, 3.63) is 15.8 Å². The third kappa shape index (κ3) is 3.47. The summed E-state index contributed by atoms with van der Waals surface area (Å²) in [4.78, 5) is 12.8. The van der Waals surface area contributed by atoms with Gasteiger partial charge in [0.25, 0.3) is 0 Å². The molecule has 0 atom stereocenters. The van der Waals surface area contributed by atoms with Crippen molar-refractivity contribution in [2.45, 2.75) is 46.1 Å². The molecule has 114 valence electrons. The lowest BCUT2D eigenvalue weighted by Crippen LogP contribution is -2.39. The number of anilines is 1. The lowest BCUT2D eigenvalue weighted by atomic mass is 10.1. The van der Waals surface area contributed by atoms with Gasteiger partial charge in [0.1, 0.15) is 5.69 Å². The van der Waals surface area contributed by atoms with Crippen LogP contribution in [0, 0.1) is 10.1 Å². The summed E-state index contributed by atoms with van der Waals surface area (Å²) >= 11 is 0. The van der Waals surface area contributed by atoms with Crippen LogP contribution in [0.1, 0.15) is 46.2 Å². The Morgan fingerprint density at radius 1 is 1.50 bits per heavy atom. The molecule has 7 heteroatoms. The van der Waals surface area contributed by atoms with E-state index < -0.39 is 5.60 Å². The zero-order valence-corrected chi connectivity index (χ0v) is 13.0.